The summed E-state index contributed by atoms with van der Waals surface area (Å²) in [6.45, 7) is 4.83. The predicted molar refractivity (Wildman–Crippen MR) is 58.5 cm³/mol. The van der Waals surface area contributed by atoms with Crippen molar-refractivity contribution in [1.82, 2.24) is 4.98 Å². The van der Waals surface area contributed by atoms with Crippen molar-refractivity contribution in [2.45, 2.75) is 23.4 Å². The zero-order valence-electron chi connectivity index (χ0n) is 7.11. The summed E-state index contributed by atoms with van der Waals surface area (Å²) in [6.07, 6.45) is 0. The van der Waals surface area contributed by atoms with E-state index >= 15 is 0 Å². The maximum atomic E-state index is 5.48. The standard InChI is InChI=1S/C7H12N2S2.ClH/c1-5-4-10-7(9-5)11-6(2)3-8;/h4,6H,3,8H2,1-2H3;1H. The maximum absolute atomic E-state index is 5.48. The van der Waals surface area contributed by atoms with Crippen LogP contribution in [0.4, 0.5) is 0 Å². The first-order valence-electron chi connectivity index (χ1n) is 3.51. The van der Waals surface area contributed by atoms with Crippen molar-refractivity contribution in [3.63, 3.8) is 0 Å². The fourth-order valence-corrected chi connectivity index (χ4v) is 2.62. The van der Waals surface area contributed by atoms with E-state index in [4.69, 9.17) is 5.73 Å². The monoisotopic (exact) mass is 224 g/mol. The summed E-state index contributed by atoms with van der Waals surface area (Å²) in [7, 11) is 0. The van der Waals surface area contributed by atoms with E-state index in [9.17, 15) is 0 Å². The SMILES string of the molecule is Cc1csc(SC(C)CN)n1.Cl. The Bertz CT molecular complexity index is 227. The number of aryl methyl sites for hydroxylation is 1. The van der Waals surface area contributed by atoms with E-state index in [2.05, 4.69) is 17.3 Å². The molecule has 1 rings (SSSR count). The molecule has 70 valence electrons. The molecule has 1 heterocycles. The normalized spacial score (nSPS) is 12.2. The van der Waals surface area contributed by atoms with Gasteiger partial charge in [-0.2, -0.15) is 0 Å². The molecule has 12 heavy (non-hydrogen) atoms. The fraction of sp³-hybridized carbons (Fsp3) is 0.571. The van der Waals surface area contributed by atoms with Gasteiger partial charge in [0.2, 0.25) is 0 Å². The second-order valence-corrected chi connectivity index (χ2v) is 4.96. The molecule has 1 unspecified atom stereocenters. The highest BCUT2D eigenvalue weighted by Crippen LogP contribution is 2.25. The summed E-state index contributed by atoms with van der Waals surface area (Å²) < 4.78 is 1.13. The van der Waals surface area contributed by atoms with Crippen LogP contribution >= 0.6 is 35.5 Å². The van der Waals surface area contributed by atoms with E-state index in [1.54, 1.807) is 23.1 Å². The molecule has 0 bridgehead atoms. The quantitative estimate of drug-likeness (QED) is 0.801. The summed E-state index contributed by atoms with van der Waals surface area (Å²) in [4.78, 5) is 4.32. The van der Waals surface area contributed by atoms with Crippen LogP contribution in [0.25, 0.3) is 0 Å². The smallest absolute Gasteiger partial charge is 0.150 e. The van der Waals surface area contributed by atoms with Gasteiger partial charge in [-0.3, -0.25) is 0 Å². The Balaban J connectivity index is 0.00000121. The number of nitrogens with zero attached hydrogens (tertiary/aromatic N) is 1. The zero-order valence-corrected chi connectivity index (χ0v) is 9.56. The van der Waals surface area contributed by atoms with E-state index in [0.717, 1.165) is 10.0 Å². The first-order chi connectivity index (χ1) is 5.22. The van der Waals surface area contributed by atoms with Crippen molar-refractivity contribution in [1.29, 1.82) is 0 Å². The van der Waals surface area contributed by atoms with Gasteiger partial charge in [-0.1, -0.05) is 18.7 Å². The first-order valence-corrected chi connectivity index (χ1v) is 5.27. The van der Waals surface area contributed by atoms with Gasteiger partial charge in [-0.25, -0.2) is 4.98 Å². The molecule has 0 fully saturated rings. The van der Waals surface area contributed by atoms with Crippen LogP contribution in [0.5, 0.6) is 0 Å². The van der Waals surface area contributed by atoms with Crippen LogP contribution in [0.2, 0.25) is 0 Å². The summed E-state index contributed by atoms with van der Waals surface area (Å²) in [5.41, 5.74) is 6.58. The van der Waals surface area contributed by atoms with Crippen LogP contribution in [0.1, 0.15) is 12.6 Å². The molecule has 0 amide bonds. The molecule has 0 spiro atoms. The first kappa shape index (κ1) is 12.2. The third-order valence-corrected chi connectivity index (χ3v) is 3.45. The molecule has 5 heteroatoms. The van der Waals surface area contributed by atoms with Gasteiger partial charge in [0.25, 0.3) is 0 Å². The molecular formula is C7H13ClN2S2. The van der Waals surface area contributed by atoms with E-state index in [1.807, 2.05) is 6.92 Å². The van der Waals surface area contributed by atoms with E-state index in [0.29, 0.717) is 11.8 Å². The molecule has 1 aromatic heterocycles. The zero-order chi connectivity index (χ0) is 8.27. The number of nitrogens with two attached hydrogens (primary N) is 1. The van der Waals surface area contributed by atoms with Crippen molar-refractivity contribution < 1.29 is 0 Å². The van der Waals surface area contributed by atoms with Crippen molar-refractivity contribution >= 4 is 35.5 Å². The summed E-state index contributed by atoms with van der Waals surface area (Å²) in [5.74, 6) is 0. The molecule has 0 saturated carbocycles. The minimum absolute atomic E-state index is 0. The van der Waals surface area contributed by atoms with Gasteiger partial charge >= 0.3 is 0 Å². The van der Waals surface area contributed by atoms with Gasteiger partial charge in [0.05, 0.1) is 0 Å². The number of aromatic nitrogens is 1. The Kier molecular flexibility index (Phi) is 5.92. The van der Waals surface area contributed by atoms with Crippen molar-refractivity contribution in [2.75, 3.05) is 6.54 Å². The summed E-state index contributed by atoms with van der Waals surface area (Å²) in [6, 6.07) is 0. The van der Waals surface area contributed by atoms with Crippen LogP contribution in [0.3, 0.4) is 0 Å². The van der Waals surface area contributed by atoms with Crippen molar-refractivity contribution in [2.24, 2.45) is 5.73 Å². The molecule has 0 aliphatic rings. The molecule has 0 saturated heterocycles. The number of hydrogen-bond acceptors (Lipinski definition) is 4. The third kappa shape index (κ3) is 3.76. The lowest BCUT2D eigenvalue weighted by atomic mass is 10.5. The summed E-state index contributed by atoms with van der Waals surface area (Å²) >= 11 is 3.44. The van der Waals surface area contributed by atoms with Crippen LogP contribution < -0.4 is 5.73 Å². The Morgan fingerprint density at radius 2 is 2.42 bits per heavy atom. The molecule has 1 atom stereocenters. The van der Waals surface area contributed by atoms with Crippen LogP contribution in [-0.2, 0) is 0 Å². The lowest BCUT2D eigenvalue weighted by Crippen LogP contribution is -2.11. The fourth-order valence-electron chi connectivity index (χ4n) is 0.607. The molecule has 2 nitrogen and oxygen atoms in total. The lowest BCUT2D eigenvalue weighted by Gasteiger charge is -2.02. The van der Waals surface area contributed by atoms with Gasteiger partial charge in [0, 0.05) is 22.9 Å². The maximum Gasteiger partial charge on any atom is 0.150 e. The largest absolute Gasteiger partial charge is 0.329 e. The second-order valence-electron chi connectivity index (χ2n) is 2.42. The molecule has 0 aliphatic carbocycles. The van der Waals surface area contributed by atoms with Crippen molar-refractivity contribution in [3.05, 3.63) is 11.1 Å². The molecule has 0 radical (unpaired) electrons. The minimum Gasteiger partial charge on any atom is -0.329 e. The highest BCUT2D eigenvalue weighted by atomic mass is 35.5. The number of rotatable bonds is 3. The lowest BCUT2D eigenvalue weighted by molar-refractivity contribution is 0.948. The van der Waals surface area contributed by atoms with Gasteiger partial charge < -0.3 is 5.73 Å². The van der Waals surface area contributed by atoms with E-state index in [1.165, 1.54) is 0 Å². The number of hydrogen-bond donors (Lipinski definition) is 1. The Hall–Kier alpha value is 0.230. The number of thiazole rings is 1. The topological polar surface area (TPSA) is 38.9 Å². The summed E-state index contributed by atoms with van der Waals surface area (Å²) in [5, 5.41) is 2.53. The Labute approximate surface area is 87.4 Å². The number of thioether (sulfide) groups is 1. The van der Waals surface area contributed by atoms with Gasteiger partial charge in [0.15, 0.2) is 0 Å². The van der Waals surface area contributed by atoms with Gasteiger partial charge in [0.1, 0.15) is 4.34 Å². The van der Waals surface area contributed by atoms with Gasteiger partial charge in [-0.15, -0.1) is 23.7 Å². The molecule has 0 aromatic carbocycles. The Morgan fingerprint density at radius 1 is 1.75 bits per heavy atom. The van der Waals surface area contributed by atoms with Gasteiger partial charge in [-0.05, 0) is 6.92 Å². The predicted octanol–water partition coefficient (Wildman–Crippen LogP) is 2.31. The highest BCUT2D eigenvalue weighted by molar-refractivity contribution is 8.01. The molecule has 1 aromatic rings. The molecule has 0 aliphatic heterocycles. The third-order valence-electron chi connectivity index (χ3n) is 1.23. The van der Waals surface area contributed by atoms with E-state index < -0.39 is 0 Å². The van der Waals surface area contributed by atoms with Crippen LogP contribution in [0.15, 0.2) is 9.72 Å². The van der Waals surface area contributed by atoms with Crippen LogP contribution in [0, 0.1) is 6.92 Å². The Morgan fingerprint density at radius 3 is 2.83 bits per heavy atom. The minimum atomic E-state index is 0. The highest BCUT2D eigenvalue weighted by Gasteiger charge is 2.04. The molecule has 2 N–H and O–H groups in total. The average molecular weight is 225 g/mol. The van der Waals surface area contributed by atoms with E-state index in [-0.39, 0.29) is 12.4 Å². The number of halogens is 1. The van der Waals surface area contributed by atoms with Crippen LogP contribution in [-0.4, -0.2) is 16.8 Å². The molecular weight excluding hydrogens is 212 g/mol. The average Bonchev–Trinajstić information content (AvgIpc) is 2.35. The van der Waals surface area contributed by atoms with Crippen molar-refractivity contribution in [3.8, 4) is 0 Å². The second kappa shape index (κ2) is 5.80.